The van der Waals surface area contributed by atoms with Gasteiger partial charge in [-0.05, 0) is 25.1 Å². The largest absolute Gasteiger partial charge is 0.493 e. The Morgan fingerprint density at radius 2 is 1.58 bits per heavy atom. The number of carbonyl (C=O) groups is 2. The number of hydrogen-bond donors (Lipinski definition) is 3. The number of hydrogen-bond acceptors (Lipinski definition) is 7. The van der Waals surface area contributed by atoms with Gasteiger partial charge in [0.05, 0.1) is 31.2 Å². The number of carbonyl (C=O) groups excluding carboxylic acids is 1. The highest BCUT2D eigenvalue weighted by Crippen LogP contribution is 2.34. The van der Waals surface area contributed by atoms with Crippen molar-refractivity contribution < 1.29 is 24.2 Å². The number of aryl methyl sites for hydroxylation is 1. The van der Waals surface area contributed by atoms with Crippen LogP contribution in [0.3, 0.4) is 0 Å². The van der Waals surface area contributed by atoms with Gasteiger partial charge in [-0.3, -0.25) is 4.79 Å². The van der Waals surface area contributed by atoms with Crippen molar-refractivity contribution in [2.75, 3.05) is 24.9 Å². The molecule has 0 atom stereocenters. The van der Waals surface area contributed by atoms with E-state index in [4.69, 9.17) is 9.47 Å². The Labute approximate surface area is 207 Å². The van der Waals surface area contributed by atoms with Crippen molar-refractivity contribution in [2.24, 2.45) is 0 Å². The number of carboxylic acid groups (broad SMARTS) is 1. The highest BCUT2D eigenvalue weighted by atomic mass is 16.5. The van der Waals surface area contributed by atoms with E-state index in [0.29, 0.717) is 28.6 Å². The molecule has 0 saturated heterocycles. The Bertz CT molecular complexity index is 1420. The normalized spacial score (nSPS) is 10.4. The lowest BCUT2D eigenvalue weighted by Gasteiger charge is -2.14. The molecule has 0 aliphatic carbocycles. The fraction of sp³-hybridized carbons (Fsp3) is 0.111. The van der Waals surface area contributed by atoms with Crippen molar-refractivity contribution in [3.05, 3.63) is 89.7 Å². The number of nitrogens with zero attached hydrogens (tertiary/aromatic N) is 2. The molecule has 0 bridgehead atoms. The van der Waals surface area contributed by atoms with Crippen LogP contribution in [-0.4, -0.2) is 41.2 Å². The van der Waals surface area contributed by atoms with Gasteiger partial charge in [-0.25, -0.2) is 14.8 Å². The van der Waals surface area contributed by atoms with Gasteiger partial charge in [-0.1, -0.05) is 36.4 Å². The number of carboxylic acids is 1. The van der Waals surface area contributed by atoms with Gasteiger partial charge < -0.3 is 25.2 Å². The Morgan fingerprint density at radius 3 is 2.28 bits per heavy atom. The van der Waals surface area contributed by atoms with Crippen LogP contribution in [0, 0.1) is 6.92 Å². The van der Waals surface area contributed by atoms with Crippen molar-refractivity contribution in [1.29, 1.82) is 0 Å². The number of methoxy groups -OCH3 is 2. The fourth-order valence-electron chi connectivity index (χ4n) is 3.63. The van der Waals surface area contributed by atoms with Gasteiger partial charge in [-0.15, -0.1) is 0 Å². The SMILES string of the molecule is COc1cc(NC(=O)c2cccc(Nc3cc(-c4ccccc4)nc(C)n3)c2)c(C(=O)O)cc1OC. The van der Waals surface area contributed by atoms with Crippen LogP contribution in [0.1, 0.15) is 26.5 Å². The van der Waals surface area contributed by atoms with Gasteiger partial charge in [0, 0.05) is 35.0 Å². The molecule has 0 fully saturated rings. The van der Waals surface area contributed by atoms with Gasteiger partial charge in [0.25, 0.3) is 5.91 Å². The molecule has 1 heterocycles. The Kier molecular flexibility index (Phi) is 7.10. The van der Waals surface area contributed by atoms with E-state index < -0.39 is 11.9 Å². The standard InChI is InChI=1S/C27H24N4O5/c1-16-28-21(17-8-5-4-6-9-17)15-25(29-16)30-19-11-7-10-18(12-19)26(32)31-22-14-24(36-3)23(35-2)13-20(22)27(33)34/h4-15H,1-3H3,(H,31,32)(H,33,34)(H,28,29,30). The number of benzene rings is 3. The molecule has 4 aromatic rings. The summed E-state index contributed by atoms with van der Waals surface area (Å²) < 4.78 is 10.4. The average molecular weight is 485 g/mol. The van der Waals surface area contributed by atoms with Gasteiger partial charge in [-0.2, -0.15) is 0 Å². The first kappa shape index (κ1) is 24.2. The summed E-state index contributed by atoms with van der Waals surface area (Å²) >= 11 is 0. The maximum Gasteiger partial charge on any atom is 0.337 e. The first-order valence-corrected chi connectivity index (χ1v) is 11.0. The fourth-order valence-corrected chi connectivity index (χ4v) is 3.63. The van der Waals surface area contributed by atoms with E-state index in [2.05, 4.69) is 20.6 Å². The van der Waals surface area contributed by atoms with Crippen LogP contribution in [0.25, 0.3) is 11.3 Å². The van der Waals surface area contributed by atoms with E-state index >= 15 is 0 Å². The van der Waals surface area contributed by atoms with Gasteiger partial charge in [0.1, 0.15) is 11.6 Å². The zero-order valence-corrected chi connectivity index (χ0v) is 19.9. The molecule has 0 spiro atoms. The van der Waals surface area contributed by atoms with Gasteiger partial charge in [0.2, 0.25) is 0 Å². The second kappa shape index (κ2) is 10.6. The number of ether oxygens (including phenoxy) is 2. The number of rotatable bonds is 8. The van der Waals surface area contributed by atoms with Crippen LogP contribution in [0.5, 0.6) is 11.5 Å². The summed E-state index contributed by atoms with van der Waals surface area (Å²) in [5.74, 6) is 0.0114. The number of nitrogens with one attached hydrogen (secondary N) is 2. The lowest BCUT2D eigenvalue weighted by molar-refractivity contribution is 0.0697. The minimum Gasteiger partial charge on any atom is -0.493 e. The molecule has 1 aromatic heterocycles. The summed E-state index contributed by atoms with van der Waals surface area (Å²) in [6.45, 7) is 1.81. The molecule has 3 aromatic carbocycles. The van der Waals surface area contributed by atoms with E-state index in [1.54, 1.807) is 24.3 Å². The summed E-state index contributed by atoms with van der Waals surface area (Å²) in [5.41, 5.74) is 2.64. The second-order valence-electron chi connectivity index (χ2n) is 7.77. The number of aromatic nitrogens is 2. The first-order valence-electron chi connectivity index (χ1n) is 11.0. The lowest BCUT2D eigenvalue weighted by Crippen LogP contribution is -2.15. The maximum absolute atomic E-state index is 13.0. The van der Waals surface area contributed by atoms with Crippen LogP contribution in [-0.2, 0) is 0 Å². The average Bonchev–Trinajstić information content (AvgIpc) is 2.88. The third kappa shape index (κ3) is 5.41. The van der Waals surface area contributed by atoms with Gasteiger partial charge in [0.15, 0.2) is 11.5 Å². The third-order valence-electron chi connectivity index (χ3n) is 5.31. The number of anilines is 3. The summed E-state index contributed by atoms with van der Waals surface area (Å²) in [7, 11) is 2.83. The van der Waals surface area contributed by atoms with E-state index in [0.717, 1.165) is 11.3 Å². The van der Waals surface area contributed by atoms with E-state index in [-0.39, 0.29) is 17.0 Å². The van der Waals surface area contributed by atoms with Crippen molar-refractivity contribution in [2.45, 2.75) is 6.92 Å². The van der Waals surface area contributed by atoms with E-state index in [1.165, 1.54) is 26.4 Å². The van der Waals surface area contributed by atoms with Crippen LogP contribution in [0.4, 0.5) is 17.2 Å². The maximum atomic E-state index is 13.0. The van der Waals surface area contributed by atoms with Crippen molar-refractivity contribution in [3.63, 3.8) is 0 Å². The Balaban J connectivity index is 1.59. The van der Waals surface area contributed by atoms with Crippen LogP contribution in [0.2, 0.25) is 0 Å². The Hall–Kier alpha value is -4.92. The molecule has 4 rings (SSSR count). The molecule has 0 radical (unpaired) electrons. The zero-order valence-electron chi connectivity index (χ0n) is 19.9. The monoisotopic (exact) mass is 484 g/mol. The summed E-state index contributed by atoms with van der Waals surface area (Å²) in [6, 6.07) is 21.1. The van der Waals surface area contributed by atoms with E-state index in [1.807, 2.05) is 43.3 Å². The number of amides is 1. The molecule has 0 unspecified atom stereocenters. The van der Waals surface area contributed by atoms with Crippen molar-refractivity contribution in [3.8, 4) is 22.8 Å². The van der Waals surface area contributed by atoms with Crippen molar-refractivity contribution in [1.82, 2.24) is 9.97 Å². The van der Waals surface area contributed by atoms with Gasteiger partial charge >= 0.3 is 5.97 Å². The quantitative estimate of drug-likeness (QED) is 0.313. The van der Waals surface area contributed by atoms with E-state index in [9.17, 15) is 14.7 Å². The molecule has 182 valence electrons. The molecule has 0 aliphatic rings. The molecule has 9 heteroatoms. The predicted molar refractivity (Wildman–Crippen MR) is 136 cm³/mol. The second-order valence-corrected chi connectivity index (χ2v) is 7.77. The first-order chi connectivity index (χ1) is 17.4. The van der Waals surface area contributed by atoms with Crippen LogP contribution in [0.15, 0.2) is 72.8 Å². The lowest BCUT2D eigenvalue weighted by atomic mass is 10.1. The number of aromatic carboxylic acids is 1. The smallest absolute Gasteiger partial charge is 0.337 e. The highest BCUT2D eigenvalue weighted by molar-refractivity contribution is 6.08. The molecule has 36 heavy (non-hydrogen) atoms. The molecule has 3 N–H and O–H groups in total. The minimum absolute atomic E-state index is 0.0856. The third-order valence-corrected chi connectivity index (χ3v) is 5.31. The molecular weight excluding hydrogens is 460 g/mol. The Morgan fingerprint density at radius 1 is 0.861 bits per heavy atom. The summed E-state index contributed by atoms with van der Waals surface area (Å²) in [6.07, 6.45) is 0. The molecular formula is C27H24N4O5. The molecule has 0 saturated carbocycles. The molecule has 0 aliphatic heterocycles. The summed E-state index contributed by atoms with van der Waals surface area (Å²) in [4.78, 5) is 33.7. The minimum atomic E-state index is -1.21. The zero-order chi connectivity index (χ0) is 25.7. The van der Waals surface area contributed by atoms with Crippen LogP contribution < -0.4 is 20.1 Å². The van der Waals surface area contributed by atoms with Crippen LogP contribution >= 0.6 is 0 Å². The predicted octanol–water partition coefficient (Wildman–Crippen LogP) is 5.16. The van der Waals surface area contributed by atoms with Crippen molar-refractivity contribution >= 4 is 29.1 Å². The highest BCUT2D eigenvalue weighted by Gasteiger charge is 2.19. The molecule has 9 nitrogen and oxygen atoms in total. The summed E-state index contributed by atoms with van der Waals surface area (Å²) in [5, 5.41) is 15.5. The topological polar surface area (TPSA) is 123 Å². The molecule has 1 amide bonds.